The fourth-order valence-electron chi connectivity index (χ4n) is 4.29. The molecular formula is C22H37NZn. The molecule has 0 saturated carbocycles. The third-order valence-electron chi connectivity index (χ3n) is 5.36. The van der Waals surface area contributed by atoms with Crippen molar-refractivity contribution in [3.63, 3.8) is 0 Å². The zero-order chi connectivity index (χ0) is 16.9. The molecule has 0 aliphatic carbocycles. The van der Waals surface area contributed by atoms with Gasteiger partial charge in [-0.1, -0.05) is 66.2 Å². The van der Waals surface area contributed by atoms with Crippen LogP contribution in [0.4, 0.5) is 5.69 Å². The second-order valence-corrected chi connectivity index (χ2v) is 8.89. The van der Waals surface area contributed by atoms with E-state index in [4.69, 9.17) is 0 Å². The van der Waals surface area contributed by atoms with E-state index in [0.29, 0.717) is 11.8 Å². The first-order chi connectivity index (χ1) is 9.99. The minimum atomic E-state index is 0. The molecule has 2 heteroatoms. The van der Waals surface area contributed by atoms with Crippen LogP contribution in [0.3, 0.4) is 0 Å². The van der Waals surface area contributed by atoms with Gasteiger partial charge in [-0.15, -0.1) is 5.41 Å². The molecule has 1 aliphatic rings. The van der Waals surface area contributed by atoms with E-state index >= 15 is 0 Å². The van der Waals surface area contributed by atoms with Gasteiger partial charge >= 0.3 is 19.5 Å². The van der Waals surface area contributed by atoms with E-state index in [1.165, 1.54) is 29.3 Å². The van der Waals surface area contributed by atoms with Crippen molar-refractivity contribution in [1.29, 1.82) is 0 Å². The molecule has 1 heterocycles. The van der Waals surface area contributed by atoms with Gasteiger partial charge in [0.1, 0.15) is 0 Å². The van der Waals surface area contributed by atoms with Gasteiger partial charge in [-0.2, -0.15) is 6.92 Å². The van der Waals surface area contributed by atoms with Crippen LogP contribution in [0.1, 0.15) is 91.7 Å². The largest absolute Gasteiger partial charge is 2.00 e. The van der Waals surface area contributed by atoms with Gasteiger partial charge in [-0.3, -0.25) is 0 Å². The molecule has 2 rings (SSSR count). The van der Waals surface area contributed by atoms with Gasteiger partial charge in [-0.25, -0.2) is 6.04 Å². The Labute approximate surface area is 164 Å². The van der Waals surface area contributed by atoms with Crippen LogP contribution in [0.25, 0.3) is 0 Å². The molecule has 1 fully saturated rings. The summed E-state index contributed by atoms with van der Waals surface area (Å²) in [5, 5.41) is 0. The normalized spacial score (nSPS) is 19.4. The minimum absolute atomic E-state index is 0. The monoisotopic (exact) mass is 379 g/mol. The molecule has 0 N–H and O–H groups in total. The molecule has 0 amide bonds. The van der Waals surface area contributed by atoms with Crippen LogP contribution in [0.5, 0.6) is 0 Å². The molecule has 1 saturated heterocycles. The number of benzene rings is 1. The Morgan fingerprint density at radius 3 is 1.67 bits per heavy atom. The van der Waals surface area contributed by atoms with E-state index in [1.54, 1.807) is 0 Å². The summed E-state index contributed by atoms with van der Waals surface area (Å²) in [7, 11) is 0. The summed E-state index contributed by atoms with van der Waals surface area (Å²) in [6, 6.07) is 8.38. The number of rotatable bonds is 3. The van der Waals surface area contributed by atoms with Crippen molar-refractivity contribution >= 4 is 5.69 Å². The maximum Gasteiger partial charge on any atom is 2.00 e. The summed E-state index contributed by atoms with van der Waals surface area (Å²) >= 11 is 0. The van der Waals surface area contributed by atoms with Crippen molar-refractivity contribution in [3.8, 4) is 0 Å². The van der Waals surface area contributed by atoms with Gasteiger partial charge in [-0.05, 0) is 36.8 Å². The van der Waals surface area contributed by atoms with Crippen LogP contribution in [0, 0.1) is 18.9 Å². The molecule has 132 valence electrons. The molecule has 1 nitrogen and oxygen atoms in total. The molecule has 0 radical (unpaired) electrons. The Hall–Kier alpha value is -0.357. The third-order valence-corrected chi connectivity index (χ3v) is 5.36. The smallest absolute Gasteiger partial charge is 0.514 e. The van der Waals surface area contributed by atoms with Crippen LogP contribution in [-0.4, -0.2) is 5.54 Å². The summed E-state index contributed by atoms with van der Waals surface area (Å²) in [6.45, 7) is 21.1. The van der Waals surface area contributed by atoms with Gasteiger partial charge in [0.25, 0.3) is 0 Å². The van der Waals surface area contributed by atoms with E-state index in [-0.39, 0.29) is 37.9 Å². The van der Waals surface area contributed by atoms with E-state index in [9.17, 15) is 0 Å². The summed E-state index contributed by atoms with van der Waals surface area (Å²) in [5.41, 5.74) is 4.87. The average Bonchev–Trinajstić information content (AvgIpc) is 2.52. The van der Waals surface area contributed by atoms with Gasteiger partial charge in [0.15, 0.2) is 0 Å². The number of nitrogens with zero attached hydrogens (tertiary/aromatic N) is 1. The number of para-hydroxylation sites is 1. The van der Waals surface area contributed by atoms with Crippen molar-refractivity contribution < 1.29 is 19.5 Å². The Morgan fingerprint density at radius 2 is 1.38 bits per heavy atom. The van der Waals surface area contributed by atoms with E-state index < -0.39 is 0 Å². The maximum atomic E-state index is 2.65. The van der Waals surface area contributed by atoms with Crippen LogP contribution in [0.15, 0.2) is 18.2 Å². The zero-order valence-electron chi connectivity index (χ0n) is 17.7. The van der Waals surface area contributed by atoms with Crippen molar-refractivity contribution in [2.24, 2.45) is 5.41 Å². The van der Waals surface area contributed by atoms with Crippen molar-refractivity contribution in [1.82, 2.24) is 0 Å². The fraction of sp³-hybridized carbons (Fsp3) is 0.636. The average molecular weight is 381 g/mol. The first kappa shape index (κ1) is 23.6. The maximum absolute atomic E-state index is 2.65. The summed E-state index contributed by atoms with van der Waals surface area (Å²) in [4.78, 5) is 2.65. The third kappa shape index (κ3) is 4.06. The zero-order valence-corrected chi connectivity index (χ0v) is 20.7. The quantitative estimate of drug-likeness (QED) is 0.405. The van der Waals surface area contributed by atoms with Crippen LogP contribution < -0.4 is 4.90 Å². The summed E-state index contributed by atoms with van der Waals surface area (Å²) < 4.78 is 0. The Morgan fingerprint density at radius 1 is 0.958 bits per heavy atom. The van der Waals surface area contributed by atoms with Crippen LogP contribution >= 0.6 is 0 Å². The molecule has 1 aliphatic heterocycles. The molecule has 0 spiro atoms. The summed E-state index contributed by atoms with van der Waals surface area (Å²) in [5.74, 6) is 1.09. The number of hydrogen-bond acceptors (Lipinski definition) is 1. The predicted molar refractivity (Wildman–Crippen MR) is 105 cm³/mol. The molecule has 0 bridgehead atoms. The van der Waals surface area contributed by atoms with Gasteiger partial charge in [0, 0.05) is 11.2 Å². The molecule has 0 atom stereocenters. The van der Waals surface area contributed by atoms with E-state index in [2.05, 4.69) is 85.4 Å². The van der Waals surface area contributed by atoms with E-state index in [1.807, 2.05) is 0 Å². The standard InChI is InChI=1S/C21H34N.CH3.Zn/c1-14(2)17-11-10-12-18(15(3)4)19(17)22-16(5)20(6,7)13-21(22,8)9;;/h10-12,14-15H,13H2,1-9H3;1H3;/q2*-1;+2. The molecule has 24 heavy (non-hydrogen) atoms. The van der Waals surface area contributed by atoms with Gasteiger partial charge < -0.3 is 12.3 Å². The topological polar surface area (TPSA) is 3.24 Å². The second-order valence-electron chi connectivity index (χ2n) is 8.89. The van der Waals surface area contributed by atoms with E-state index in [0.717, 1.165) is 0 Å². The Bertz CT molecular complexity index is 517. The Balaban J connectivity index is 0.00000264. The van der Waals surface area contributed by atoms with Crippen molar-refractivity contribution in [3.05, 3.63) is 42.8 Å². The SMILES string of the molecule is C[C-]1N(c2c(C(C)C)cccc2C(C)C)C(C)(C)CC1(C)C.[CH3-].[Zn+2]. The minimum Gasteiger partial charge on any atom is -0.514 e. The first-order valence-electron chi connectivity index (χ1n) is 8.76. The molecular weight excluding hydrogens is 344 g/mol. The van der Waals surface area contributed by atoms with Gasteiger partial charge in [0.05, 0.1) is 0 Å². The van der Waals surface area contributed by atoms with Crippen LogP contribution in [-0.2, 0) is 19.5 Å². The Kier molecular flexibility index (Phi) is 7.78. The van der Waals surface area contributed by atoms with Crippen molar-refractivity contribution in [2.45, 2.75) is 86.1 Å². The molecule has 0 unspecified atom stereocenters. The molecule has 1 aromatic rings. The van der Waals surface area contributed by atoms with Gasteiger partial charge in [0.2, 0.25) is 0 Å². The summed E-state index contributed by atoms with van der Waals surface area (Å²) in [6.07, 6.45) is 1.20. The number of hydrogen-bond donors (Lipinski definition) is 0. The fourth-order valence-corrected chi connectivity index (χ4v) is 4.29. The van der Waals surface area contributed by atoms with Crippen LogP contribution in [0.2, 0.25) is 0 Å². The number of anilines is 1. The van der Waals surface area contributed by atoms with Crippen molar-refractivity contribution in [2.75, 3.05) is 4.90 Å². The molecule has 0 aromatic heterocycles. The molecule has 1 aromatic carbocycles. The second kappa shape index (κ2) is 7.90. The first-order valence-corrected chi connectivity index (χ1v) is 8.76. The predicted octanol–water partition coefficient (Wildman–Crippen LogP) is 6.95.